The summed E-state index contributed by atoms with van der Waals surface area (Å²) >= 11 is 1.36. The predicted octanol–water partition coefficient (Wildman–Crippen LogP) is 3.74. The van der Waals surface area contributed by atoms with E-state index in [0.717, 1.165) is 10.6 Å². The fourth-order valence-electron chi connectivity index (χ4n) is 4.24. The first-order chi connectivity index (χ1) is 16.4. The molecule has 0 radical (unpaired) electrons. The van der Waals surface area contributed by atoms with Crippen LogP contribution in [0.5, 0.6) is 0 Å². The number of rotatable bonds is 6. The molecule has 0 aliphatic carbocycles. The van der Waals surface area contributed by atoms with Crippen LogP contribution in [0.2, 0.25) is 0 Å². The van der Waals surface area contributed by atoms with Gasteiger partial charge in [-0.15, -0.1) is 0 Å². The molecule has 12 heteroatoms. The van der Waals surface area contributed by atoms with Crippen LogP contribution in [0.4, 0.5) is 24.5 Å². The van der Waals surface area contributed by atoms with Crippen LogP contribution in [-0.4, -0.2) is 53.2 Å². The number of carbonyl (C=O) groups is 1. The number of amides is 2. The average molecular weight is 492 g/mol. The lowest BCUT2D eigenvalue weighted by Crippen LogP contribution is -2.51. The number of ether oxygens (including phenoxy) is 1. The lowest BCUT2D eigenvalue weighted by molar-refractivity contribution is 0.0601. The zero-order valence-electron chi connectivity index (χ0n) is 18.2. The number of anilines is 2. The topological polar surface area (TPSA) is 113 Å². The van der Waals surface area contributed by atoms with E-state index in [9.17, 15) is 13.6 Å². The molecule has 3 aromatic rings. The van der Waals surface area contributed by atoms with Gasteiger partial charge in [0.1, 0.15) is 0 Å². The maximum atomic E-state index is 13.1. The quantitative estimate of drug-likeness (QED) is 0.482. The van der Waals surface area contributed by atoms with Gasteiger partial charge in [0, 0.05) is 23.6 Å². The Labute approximate surface area is 197 Å². The molecule has 1 aromatic carbocycles. The van der Waals surface area contributed by atoms with Crippen molar-refractivity contribution in [2.75, 3.05) is 30.0 Å². The molecule has 5 rings (SSSR count). The summed E-state index contributed by atoms with van der Waals surface area (Å²) < 4.78 is 37.5. The molecule has 3 N–H and O–H groups in total. The van der Waals surface area contributed by atoms with Crippen LogP contribution in [0.25, 0.3) is 11.3 Å². The fraction of sp³-hybridized carbons (Fsp3) is 0.409. The molecule has 9 nitrogen and oxygen atoms in total. The van der Waals surface area contributed by atoms with Gasteiger partial charge in [-0.25, -0.2) is 18.6 Å². The van der Waals surface area contributed by atoms with Crippen molar-refractivity contribution in [3.8, 4) is 11.3 Å². The molecule has 0 spiro atoms. The van der Waals surface area contributed by atoms with Crippen molar-refractivity contribution in [2.24, 2.45) is 0 Å². The third-order valence-electron chi connectivity index (χ3n) is 5.83. The van der Waals surface area contributed by atoms with Gasteiger partial charge < -0.3 is 24.6 Å². The van der Waals surface area contributed by atoms with Crippen molar-refractivity contribution in [1.29, 1.82) is 0 Å². The zero-order chi connectivity index (χ0) is 23.8. The molecule has 0 saturated carbocycles. The number of alkyl halides is 2. The summed E-state index contributed by atoms with van der Waals surface area (Å²) in [6, 6.07) is 6.80. The van der Waals surface area contributed by atoms with Crippen molar-refractivity contribution >= 4 is 28.3 Å². The van der Waals surface area contributed by atoms with Crippen LogP contribution in [0.1, 0.15) is 35.5 Å². The maximum Gasteiger partial charge on any atom is 0.321 e. The number of benzene rings is 1. The van der Waals surface area contributed by atoms with Crippen LogP contribution >= 0.6 is 11.3 Å². The summed E-state index contributed by atoms with van der Waals surface area (Å²) in [4.78, 5) is 19.8. The first kappa shape index (κ1) is 22.7. The van der Waals surface area contributed by atoms with Gasteiger partial charge in [-0.1, -0.05) is 34.7 Å². The number of fused-ring (bicyclic) bond motifs is 4. The molecule has 4 heterocycles. The molecule has 2 bridgehead atoms. The van der Waals surface area contributed by atoms with Crippen molar-refractivity contribution < 1.29 is 27.9 Å². The Balaban J connectivity index is 1.39. The number of thiazole rings is 1. The Morgan fingerprint density at radius 2 is 2.21 bits per heavy atom. The van der Waals surface area contributed by atoms with Gasteiger partial charge in [-0.2, -0.15) is 0 Å². The number of carbonyl (C=O) groups excluding carboxylic acids is 1. The highest BCUT2D eigenvalue weighted by Gasteiger charge is 2.42. The Morgan fingerprint density at radius 3 is 3.00 bits per heavy atom. The van der Waals surface area contributed by atoms with E-state index in [0.29, 0.717) is 41.9 Å². The minimum atomic E-state index is -2.57. The van der Waals surface area contributed by atoms with E-state index in [4.69, 9.17) is 14.4 Å². The molecule has 2 aliphatic rings. The van der Waals surface area contributed by atoms with Crippen LogP contribution in [0.15, 0.2) is 34.9 Å². The Bertz CT molecular complexity index is 1190. The molecule has 0 unspecified atom stereocenters. The van der Waals surface area contributed by atoms with Crippen LogP contribution in [0, 0.1) is 0 Å². The second kappa shape index (κ2) is 9.28. The van der Waals surface area contributed by atoms with E-state index in [-0.39, 0.29) is 30.3 Å². The fourth-order valence-corrected chi connectivity index (χ4v) is 5.31. The summed E-state index contributed by atoms with van der Waals surface area (Å²) in [5.74, 6) is 1.00. The third kappa shape index (κ3) is 4.36. The molecule has 34 heavy (non-hydrogen) atoms. The Hall–Kier alpha value is -3.09. The van der Waals surface area contributed by atoms with Crippen molar-refractivity contribution in [2.45, 2.75) is 37.9 Å². The summed E-state index contributed by atoms with van der Waals surface area (Å²) in [5.41, 5.74) is 1.35. The Kier molecular flexibility index (Phi) is 6.19. The van der Waals surface area contributed by atoms with Crippen molar-refractivity contribution in [3.05, 3.63) is 46.5 Å². The largest absolute Gasteiger partial charge is 0.394 e. The number of hydrogen-bond acceptors (Lipinski definition) is 8. The highest BCUT2D eigenvalue weighted by molar-refractivity contribution is 7.16. The number of halogens is 2. The number of urea groups is 1. The lowest BCUT2D eigenvalue weighted by atomic mass is 9.96. The van der Waals surface area contributed by atoms with Crippen molar-refractivity contribution in [1.82, 2.24) is 15.5 Å². The number of aliphatic hydroxyl groups is 1. The molecule has 3 atom stereocenters. The second-order valence-electron chi connectivity index (χ2n) is 8.31. The summed E-state index contributed by atoms with van der Waals surface area (Å²) in [7, 11) is 0. The third-order valence-corrected chi connectivity index (χ3v) is 6.95. The number of hydrogen-bond donors (Lipinski definition) is 3. The van der Waals surface area contributed by atoms with Crippen LogP contribution in [-0.2, 0) is 11.2 Å². The van der Waals surface area contributed by atoms with Crippen LogP contribution < -0.4 is 15.5 Å². The molecular weight excluding hydrogens is 468 g/mol. The smallest absolute Gasteiger partial charge is 0.321 e. The first-order valence-electron chi connectivity index (χ1n) is 10.8. The number of aliphatic hydroxyl groups excluding tert-OH is 1. The zero-order valence-corrected chi connectivity index (χ0v) is 19.0. The molecule has 1 saturated heterocycles. The van der Waals surface area contributed by atoms with Gasteiger partial charge >= 0.3 is 6.03 Å². The maximum absolute atomic E-state index is 13.1. The van der Waals surface area contributed by atoms with E-state index in [1.165, 1.54) is 23.5 Å². The van der Waals surface area contributed by atoms with Crippen LogP contribution in [0.3, 0.4) is 0 Å². The summed E-state index contributed by atoms with van der Waals surface area (Å²) in [6.07, 6.45) is -1.97. The SMILES string of the molecule is C[C@H](CO)NC(=O)Nc1nc2c(s1)[C@@H]1COC[C@H](C2)N1c1cc(-c2cccc(C(F)F)c2)on1. The number of nitrogens with zero attached hydrogens (tertiary/aromatic N) is 3. The molecule has 2 aromatic heterocycles. The minimum Gasteiger partial charge on any atom is -0.394 e. The van der Waals surface area contributed by atoms with E-state index in [1.54, 1.807) is 25.1 Å². The van der Waals surface area contributed by atoms with E-state index in [1.807, 2.05) is 0 Å². The van der Waals surface area contributed by atoms with E-state index >= 15 is 0 Å². The van der Waals surface area contributed by atoms with Gasteiger partial charge in [0.25, 0.3) is 6.43 Å². The standard InChI is InChI=1S/C22H23F2N5O4S/c1-11(8-30)25-21(31)27-22-26-15-6-14-9-32-10-16(19(15)34-22)29(14)18-7-17(33-28-18)12-3-2-4-13(5-12)20(23)24/h2-5,7,11,14,16,20,30H,6,8-10H2,1H3,(H2,25,26,27,31)/t11-,14+,16+/m1/s1. The molecule has 180 valence electrons. The highest BCUT2D eigenvalue weighted by atomic mass is 32.1. The van der Waals surface area contributed by atoms with Gasteiger partial charge in [0.15, 0.2) is 16.7 Å². The van der Waals surface area contributed by atoms with Crippen molar-refractivity contribution in [3.63, 3.8) is 0 Å². The molecule has 2 aliphatic heterocycles. The monoisotopic (exact) mass is 491 g/mol. The highest BCUT2D eigenvalue weighted by Crippen LogP contribution is 2.43. The first-order valence-corrected chi connectivity index (χ1v) is 11.6. The van der Waals surface area contributed by atoms with Gasteiger partial charge in [-0.05, 0) is 13.0 Å². The number of morpholine rings is 1. The van der Waals surface area contributed by atoms with E-state index in [2.05, 4.69) is 25.7 Å². The van der Waals surface area contributed by atoms with Gasteiger partial charge in [0.2, 0.25) is 0 Å². The van der Waals surface area contributed by atoms with Gasteiger partial charge in [0.05, 0.1) is 48.5 Å². The van der Waals surface area contributed by atoms with E-state index < -0.39 is 12.5 Å². The summed E-state index contributed by atoms with van der Waals surface area (Å²) in [6.45, 7) is 2.43. The van der Waals surface area contributed by atoms with Gasteiger partial charge in [-0.3, -0.25) is 5.32 Å². The molecule has 1 fully saturated rings. The number of nitrogens with one attached hydrogen (secondary N) is 2. The molecular formula is C22H23F2N5O4S. The predicted molar refractivity (Wildman–Crippen MR) is 121 cm³/mol. The normalized spacial score (nSPS) is 20.2. The minimum absolute atomic E-state index is 0.0326. The second-order valence-corrected chi connectivity index (χ2v) is 9.34. The lowest BCUT2D eigenvalue weighted by Gasteiger charge is -2.44. The Morgan fingerprint density at radius 1 is 1.35 bits per heavy atom. The average Bonchev–Trinajstić information content (AvgIpc) is 3.46. The number of aromatic nitrogens is 2. The molecule has 2 amide bonds. The summed E-state index contributed by atoms with van der Waals surface area (Å²) in [5, 5.41) is 19.2.